The van der Waals surface area contributed by atoms with Gasteiger partial charge in [-0.25, -0.2) is 0 Å². The van der Waals surface area contributed by atoms with Crippen molar-refractivity contribution in [2.45, 2.75) is 54.4 Å². The number of nitrogens with one attached hydrogen (secondary N) is 1. The third kappa shape index (κ3) is 4.34. The molecule has 1 aromatic carbocycles. The van der Waals surface area contributed by atoms with E-state index < -0.39 is 0 Å². The van der Waals surface area contributed by atoms with E-state index in [1.165, 1.54) is 0 Å². The Balaban J connectivity index is 2.13. The summed E-state index contributed by atoms with van der Waals surface area (Å²) in [4.78, 5) is 26.4. The van der Waals surface area contributed by atoms with Gasteiger partial charge in [-0.15, -0.1) is 0 Å². The summed E-state index contributed by atoms with van der Waals surface area (Å²) >= 11 is 0. The van der Waals surface area contributed by atoms with E-state index >= 15 is 0 Å². The van der Waals surface area contributed by atoms with Crippen LogP contribution in [0, 0.1) is 10.8 Å². The number of anilines is 2. The average Bonchev–Trinajstić information content (AvgIpc) is 2.77. The first kappa shape index (κ1) is 17.5. The van der Waals surface area contributed by atoms with Crippen LogP contribution < -0.4 is 10.2 Å². The van der Waals surface area contributed by atoms with Gasteiger partial charge in [-0.3, -0.25) is 9.59 Å². The van der Waals surface area contributed by atoms with Gasteiger partial charge in [0.1, 0.15) is 0 Å². The second-order valence-corrected chi connectivity index (χ2v) is 8.59. The summed E-state index contributed by atoms with van der Waals surface area (Å²) in [6, 6.07) is 5.82. The number of rotatable bonds is 2. The lowest BCUT2D eigenvalue weighted by atomic mass is 9.92. The molecule has 23 heavy (non-hydrogen) atoms. The van der Waals surface area contributed by atoms with Gasteiger partial charge in [-0.2, -0.15) is 0 Å². The number of hydrogen-bond acceptors (Lipinski definition) is 2. The van der Waals surface area contributed by atoms with Crippen molar-refractivity contribution in [3.05, 3.63) is 23.8 Å². The summed E-state index contributed by atoms with van der Waals surface area (Å²) in [7, 11) is 0. The molecule has 126 valence electrons. The van der Waals surface area contributed by atoms with E-state index in [0.717, 1.165) is 23.4 Å². The number of nitrogens with zero attached hydrogens (tertiary/aromatic N) is 1. The van der Waals surface area contributed by atoms with Gasteiger partial charge in [0.15, 0.2) is 0 Å². The molecule has 2 amide bonds. The lowest BCUT2D eigenvalue weighted by molar-refractivity contribution is -0.125. The van der Waals surface area contributed by atoms with Crippen molar-refractivity contribution < 1.29 is 9.59 Å². The van der Waals surface area contributed by atoms with Gasteiger partial charge in [0.05, 0.1) is 0 Å². The maximum atomic E-state index is 12.5. The van der Waals surface area contributed by atoms with Crippen LogP contribution in [0.5, 0.6) is 0 Å². The van der Waals surface area contributed by atoms with Gasteiger partial charge in [-0.1, -0.05) is 41.5 Å². The Hall–Kier alpha value is -1.84. The molecule has 0 saturated carbocycles. The molecule has 1 heterocycles. The summed E-state index contributed by atoms with van der Waals surface area (Å²) < 4.78 is 0. The number of carbonyl (C=O) groups excluding carboxylic acids is 2. The van der Waals surface area contributed by atoms with Crippen LogP contribution >= 0.6 is 0 Å². The molecule has 1 aliphatic heterocycles. The summed E-state index contributed by atoms with van der Waals surface area (Å²) in [6.07, 6.45) is 1.32. The van der Waals surface area contributed by atoms with Gasteiger partial charge >= 0.3 is 0 Å². The van der Waals surface area contributed by atoms with E-state index in [1.807, 2.05) is 64.6 Å². The first-order chi connectivity index (χ1) is 10.5. The molecule has 0 fully saturated rings. The van der Waals surface area contributed by atoms with E-state index in [1.54, 1.807) is 0 Å². The fourth-order valence-corrected chi connectivity index (χ4v) is 2.78. The molecule has 1 N–H and O–H groups in total. The first-order valence-corrected chi connectivity index (χ1v) is 8.22. The van der Waals surface area contributed by atoms with Gasteiger partial charge in [0, 0.05) is 29.8 Å². The highest BCUT2D eigenvalue weighted by Gasteiger charge is 2.32. The van der Waals surface area contributed by atoms with Crippen molar-refractivity contribution in [1.82, 2.24) is 0 Å². The fourth-order valence-electron chi connectivity index (χ4n) is 2.78. The van der Waals surface area contributed by atoms with Crippen molar-refractivity contribution >= 4 is 23.2 Å². The Morgan fingerprint density at radius 2 is 1.78 bits per heavy atom. The molecule has 0 bridgehead atoms. The Labute approximate surface area is 139 Å². The zero-order valence-corrected chi connectivity index (χ0v) is 15.1. The summed E-state index contributed by atoms with van der Waals surface area (Å²) in [6.45, 7) is 12.7. The number of carbonyl (C=O) groups is 2. The molecule has 0 saturated heterocycles. The van der Waals surface area contributed by atoms with Crippen LogP contribution in [0.25, 0.3) is 0 Å². The maximum Gasteiger partial charge on any atom is 0.232 e. The highest BCUT2D eigenvalue weighted by atomic mass is 16.2. The quantitative estimate of drug-likeness (QED) is 0.896. The molecule has 0 unspecified atom stereocenters. The normalized spacial score (nSPS) is 14.6. The van der Waals surface area contributed by atoms with Crippen LogP contribution in [-0.4, -0.2) is 18.4 Å². The van der Waals surface area contributed by atoms with E-state index in [9.17, 15) is 9.59 Å². The molecule has 4 nitrogen and oxygen atoms in total. The van der Waals surface area contributed by atoms with Crippen LogP contribution in [0.15, 0.2) is 18.2 Å². The smallest absolute Gasteiger partial charge is 0.232 e. The zero-order chi connectivity index (χ0) is 17.4. The van der Waals surface area contributed by atoms with E-state index in [0.29, 0.717) is 13.0 Å². The lowest BCUT2D eigenvalue weighted by Crippen LogP contribution is -2.38. The van der Waals surface area contributed by atoms with Gasteiger partial charge in [0.25, 0.3) is 0 Å². The molecular weight excluding hydrogens is 288 g/mol. The fraction of sp³-hybridized carbons (Fsp3) is 0.579. The Bertz CT molecular complexity index is 621. The average molecular weight is 316 g/mol. The van der Waals surface area contributed by atoms with Crippen molar-refractivity contribution in [3.8, 4) is 0 Å². The minimum atomic E-state index is -0.388. The SMILES string of the molecule is CC(C)(C)CC(=O)Nc1ccc2c(c1)CCN2C(=O)C(C)(C)C. The molecule has 2 rings (SSSR count). The highest BCUT2D eigenvalue weighted by Crippen LogP contribution is 2.33. The molecule has 0 aromatic heterocycles. The lowest BCUT2D eigenvalue weighted by Gasteiger charge is -2.26. The monoisotopic (exact) mass is 316 g/mol. The van der Waals surface area contributed by atoms with Gasteiger partial charge in [0.2, 0.25) is 11.8 Å². The van der Waals surface area contributed by atoms with E-state index in [2.05, 4.69) is 5.32 Å². The van der Waals surface area contributed by atoms with Crippen LogP contribution in [0.1, 0.15) is 53.5 Å². The second-order valence-electron chi connectivity index (χ2n) is 8.59. The third-order valence-corrected chi connectivity index (χ3v) is 3.84. The zero-order valence-electron chi connectivity index (χ0n) is 15.1. The maximum absolute atomic E-state index is 12.5. The van der Waals surface area contributed by atoms with Crippen molar-refractivity contribution in [1.29, 1.82) is 0 Å². The number of benzene rings is 1. The standard InChI is InChI=1S/C19H28N2O2/c1-18(2,3)12-16(22)20-14-7-8-15-13(11-14)9-10-21(15)17(23)19(4,5)6/h7-8,11H,9-10,12H2,1-6H3,(H,20,22). The summed E-state index contributed by atoms with van der Waals surface area (Å²) in [5.74, 6) is 0.166. The first-order valence-electron chi connectivity index (χ1n) is 8.22. The van der Waals surface area contributed by atoms with Crippen molar-refractivity contribution in [2.75, 3.05) is 16.8 Å². The van der Waals surface area contributed by atoms with Crippen molar-refractivity contribution in [2.24, 2.45) is 10.8 Å². The molecule has 0 atom stereocenters. The Morgan fingerprint density at radius 1 is 1.13 bits per heavy atom. The third-order valence-electron chi connectivity index (χ3n) is 3.84. The molecule has 1 aromatic rings. The van der Waals surface area contributed by atoms with E-state index in [-0.39, 0.29) is 22.6 Å². The molecule has 1 aliphatic rings. The number of hydrogen-bond donors (Lipinski definition) is 1. The number of amides is 2. The van der Waals surface area contributed by atoms with Crippen LogP contribution in [0.3, 0.4) is 0 Å². The predicted octanol–water partition coefficient (Wildman–Crippen LogP) is 4.00. The topological polar surface area (TPSA) is 49.4 Å². The largest absolute Gasteiger partial charge is 0.326 e. The minimum Gasteiger partial charge on any atom is -0.326 e. The highest BCUT2D eigenvalue weighted by molar-refractivity contribution is 5.99. The van der Waals surface area contributed by atoms with Gasteiger partial charge in [-0.05, 0) is 35.6 Å². The molecule has 4 heteroatoms. The van der Waals surface area contributed by atoms with Crippen LogP contribution in [0.2, 0.25) is 0 Å². The number of fused-ring (bicyclic) bond motifs is 1. The predicted molar refractivity (Wildman–Crippen MR) is 94.7 cm³/mol. The van der Waals surface area contributed by atoms with Crippen LogP contribution in [0.4, 0.5) is 11.4 Å². The molecular formula is C19H28N2O2. The summed E-state index contributed by atoms with van der Waals surface area (Å²) in [5, 5.41) is 2.96. The molecule has 0 spiro atoms. The Kier molecular flexibility index (Phi) is 4.56. The summed E-state index contributed by atoms with van der Waals surface area (Å²) in [5.41, 5.74) is 2.48. The molecule has 0 radical (unpaired) electrons. The minimum absolute atomic E-state index is 0.0260. The second kappa shape index (κ2) is 5.99. The van der Waals surface area contributed by atoms with Gasteiger partial charge < -0.3 is 10.2 Å². The molecule has 0 aliphatic carbocycles. The van der Waals surface area contributed by atoms with E-state index in [4.69, 9.17) is 0 Å². The Morgan fingerprint density at radius 3 is 2.35 bits per heavy atom. The van der Waals surface area contributed by atoms with Crippen molar-refractivity contribution in [3.63, 3.8) is 0 Å². The van der Waals surface area contributed by atoms with Crippen LogP contribution in [-0.2, 0) is 16.0 Å².